The number of sulfonamides is 1. The maximum absolute atomic E-state index is 12.9. The highest BCUT2D eigenvalue weighted by atomic mass is 32.2. The van der Waals surface area contributed by atoms with Gasteiger partial charge in [-0.2, -0.15) is 0 Å². The average molecular weight is 385 g/mol. The zero-order valence-corrected chi connectivity index (χ0v) is 15.4. The molecular formula is C19H19N3O4S. The summed E-state index contributed by atoms with van der Waals surface area (Å²) in [6.07, 6.45) is 1.49. The zero-order valence-electron chi connectivity index (χ0n) is 14.6. The van der Waals surface area contributed by atoms with Crippen molar-refractivity contribution in [3.8, 4) is 0 Å². The molecule has 2 aliphatic heterocycles. The maximum atomic E-state index is 12.9. The van der Waals surface area contributed by atoms with Crippen LogP contribution in [0.3, 0.4) is 0 Å². The average Bonchev–Trinajstić information content (AvgIpc) is 2.66. The normalized spacial score (nSPS) is 18.6. The highest BCUT2D eigenvalue weighted by Gasteiger charge is 2.29. The summed E-state index contributed by atoms with van der Waals surface area (Å²) in [5.74, 6) is -0.406. The number of anilines is 3. The van der Waals surface area contributed by atoms with Gasteiger partial charge in [0.05, 0.1) is 22.8 Å². The molecule has 140 valence electrons. The molecule has 0 aromatic heterocycles. The van der Waals surface area contributed by atoms with Crippen LogP contribution in [0.15, 0.2) is 48.5 Å². The number of hydrogen-bond donors (Lipinski definition) is 1. The van der Waals surface area contributed by atoms with Crippen LogP contribution >= 0.6 is 0 Å². The fraction of sp³-hybridized carbons (Fsp3) is 0.263. The molecule has 4 rings (SSSR count). The number of benzene rings is 2. The Kier molecular flexibility index (Phi) is 4.35. The van der Waals surface area contributed by atoms with Crippen molar-refractivity contribution in [3.05, 3.63) is 54.1 Å². The Labute approximate surface area is 157 Å². The molecule has 0 bridgehead atoms. The van der Waals surface area contributed by atoms with Gasteiger partial charge in [-0.1, -0.05) is 12.1 Å². The standard InChI is InChI=1S/C19H19N3O4S/c23-18-13-21(17-6-2-1-5-16(17)20-18)19(24)14-7-9-15(10-8-14)22-11-3-4-12-27(22,25)26/h1-2,5-10H,3-4,11-13H2,(H,20,23). The van der Waals surface area contributed by atoms with Gasteiger partial charge in [0, 0.05) is 12.1 Å². The number of carbonyl (C=O) groups excluding carboxylic acids is 2. The molecule has 27 heavy (non-hydrogen) atoms. The highest BCUT2D eigenvalue weighted by Crippen LogP contribution is 2.30. The first-order valence-electron chi connectivity index (χ1n) is 8.77. The van der Waals surface area contributed by atoms with Crippen molar-refractivity contribution in [2.24, 2.45) is 0 Å². The number of hydrogen-bond acceptors (Lipinski definition) is 4. The smallest absolute Gasteiger partial charge is 0.258 e. The fourth-order valence-corrected chi connectivity index (χ4v) is 5.06. The van der Waals surface area contributed by atoms with E-state index in [1.807, 2.05) is 0 Å². The van der Waals surface area contributed by atoms with Crippen molar-refractivity contribution in [1.29, 1.82) is 0 Å². The molecule has 7 nitrogen and oxygen atoms in total. The number of nitrogens with zero attached hydrogens (tertiary/aromatic N) is 2. The van der Waals surface area contributed by atoms with Gasteiger partial charge in [-0.25, -0.2) is 8.42 Å². The molecule has 0 unspecified atom stereocenters. The van der Waals surface area contributed by atoms with Gasteiger partial charge in [-0.15, -0.1) is 0 Å². The largest absolute Gasteiger partial charge is 0.323 e. The van der Waals surface area contributed by atoms with Gasteiger partial charge < -0.3 is 5.32 Å². The zero-order chi connectivity index (χ0) is 19.0. The Hall–Kier alpha value is -2.87. The molecule has 2 aromatic rings. The minimum Gasteiger partial charge on any atom is -0.323 e. The number of fused-ring (bicyclic) bond motifs is 1. The summed E-state index contributed by atoms with van der Waals surface area (Å²) in [5.41, 5.74) is 2.20. The van der Waals surface area contributed by atoms with Gasteiger partial charge in [-0.05, 0) is 49.2 Å². The molecular weight excluding hydrogens is 366 g/mol. The number of nitrogens with one attached hydrogen (secondary N) is 1. The van der Waals surface area contributed by atoms with Gasteiger partial charge in [0.15, 0.2) is 0 Å². The number of amides is 2. The quantitative estimate of drug-likeness (QED) is 0.859. The topological polar surface area (TPSA) is 86.8 Å². The van der Waals surface area contributed by atoms with E-state index in [4.69, 9.17) is 0 Å². The summed E-state index contributed by atoms with van der Waals surface area (Å²) in [7, 11) is -3.29. The molecule has 1 fully saturated rings. The van der Waals surface area contributed by atoms with Gasteiger partial charge in [0.2, 0.25) is 15.9 Å². The van der Waals surface area contributed by atoms with E-state index < -0.39 is 10.0 Å². The van der Waals surface area contributed by atoms with Crippen LogP contribution in [-0.2, 0) is 14.8 Å². The van der Waals surface area contributed by atoms with Crippen molar-refractivity contribution in [1.82, 2.24) is 0 Å². The van der Waals surface area contributed by atoms with Gasteiger partial charge in [-0.3, -0.25) is 18.8 Å². The second-order valence-electron chi connectivity index (χ2n) is 6.60. The van der Waals surface area contributed by atoms with Crippen molar-refractivity contribution in [2.75, 3.05) is 33.4 Å². The third kappa shape index (κ3) is 3.28. The van der Waals surface area contributed by atoms with Crippen LogP contribution in [0.1, 0.15) is 23.2 Å². The summed E-state index contributed by atoms with van der Waals surface area (Å²) in [4.78, 5) is 26.3. The minimum atomic E-state index is -3.29. The molecule has 2 aliphatic rings. The van der Waals surface area contributed by atoms with Crippen LogP contribution in [0.4, 0.5) is 17.1 Å². The SMILES string of the molecule is O=C1CN(C(=O)c2ccc(N3CCCCS3(=O)=O)cc2)c2ccccc2N1. The maximum Gasteiger partial charge on any atom is 0.258 e. The predicted molar refractivity (Wildman–Crippen MR) is 104 cm³/mol. The molecule has 0 aliphatic carbocycles. The van der Waals surface area contributed by atoms with Crippen LogP contribution in [0, 0.1) is 0 Å². The first-order valence-corrected chi connectivity index (χ1v) is 10.4. The third-order valence-electron chi connectivity index (χ3n) is 4.77. The Balaban J connectivity index is 1.61. The van der Waals surface area contributed by atoms with E-state index in [1.54, 1.807) is 48.5 Å². The molecule has 0 saturated carbocycles. The van der Waals surface area contributed by atoms with Crippen LogP contribution in [0.5, 0.6) is 0 Å². The minimum absolute atomic E-state index is 0.0574. The molecule has 1 N–H and O–H groups in total. The van der Waals surface area contributed by atoms with Crippen molar-refractivity contribution >= 4 is 38.9 Å². The summed E-state index contributed by atoms with van der Waals surface area (Å²) < 4.78 is 25.9. The van der Waals surface area contributed by atoms with E-state index in [0.717, 1.165) is 6.42 Å². The van der Waals surface area contributed by atoms with Gasteiger partial charge in [0.1, 0.15) is 6.54 Å². The van der Waals surface area contributed by atoms with Crippen LogP contribution in [0.25, 0.3) is 0 Å². The Bertz CT molecular complexity index is 1000. The first-order chi connectivity index (χ1) is 13.0. The van der Waals surface area contributed by atoms with Gasteiger partial charge in [0.25, 0.3) is 5.91 Å². The van der Waals surface area contributed by atoms with Crippen molar-refractivity contribution < 1.29 is 18.0 Å². The second-order valence-corrected chi connectivity index (χ2v) is 8.61. The Morgan fingerprint density at radius 1 is 1.00 bits per heavy atom. The summed E-state index contributed by atoms with van der Waals surface area (Å²) in [5, 5.41) is 2.75. The summed E-state index contributed by atoms with van der Waals surface area (Å²) in [6.45, 7) is 0.396. The van der Waals surface area contributed by atoms with Crippen molar-refractivity contribution in [2.45, 2.75) is 12.8 Å². The lowest BCUT2D eigenvalue weighted by Gasteiger charge is -2.30. The van der Waals surface area contributed by atoms with Crippen LogP contribution < -0.4 is 14.5 Å². The monoisotopic (exact) mass is 385 g/mol. The molecule has 0 radical (unpaired) electrons. The molecule has 8 heteroatoms. The first kappa shape index (κ1) is 17.5. The lowest BCUT2D eigenvalue weighted by molar-refractivity contribution is -0.115. The van der Waals surface area contributed by atoms with Crippen LogP contribution in [-0.4, -0.2) is 39.1 Å². The lowest BCUT2D eigenvalue weighted by Crippen LogP contribution is -2.42. The molecule has 1 saturated heterocycles. The van der Waals surface area contributed by atoms with E-state index >= 15 is 0 Å². The van der Waals surface area contributed by atoms with E-state index in [-0.39, 0.29) is 24.1 Å². The lowest BCUT2D eigenvalue weighted by atomic mass is 10.1. The van der Waals surface area contributed by atoms with E-state index in [0.29, 0.717) is 35.6 Å². The van der Waals surface area contributed by atoms with E-state index in [2.05, 4.69) is 5.32 Å². The summed E-state index contributed by atoms with van der Waals surface area (Å²) >= 11 is 0. The third-order valence-corrected chi connectivity index (χ3v) is 6.64. The second kappa shape index (κ2) is 6.70. The number of rotatable bonds is 2. The molecule has 0 spiro atoms. The fourth-order valence-electron chi connectivity index (χ4n) is 3.42. The molecule has 2 heterocycles. The van der Waals surface area contributed by atoms with Crippen molar-refractivity contribution in [3.63, 3.8) is 0 Å². The number of carbonyl (C=O) groups is 2. The molecule has 2 aromatic carbocycles. The number of para-hydroxylation sites is 2. The van der Waals surface area contributed by atoms with Gasteiger partial charge >= 0.3 is 0 Å². The molecule has 2 amide bonds. The van der Waals surface area contributed by atoms with Crippen LogP contribution in [0.2, 0.25) is 0 Å². The summed E-state index contributed by atoms with van der Waals surface area (Å²) in [6, 6.07) is 13.6. The van der Waals surface area contributed by atoms with E-state index in [1.165, 1.54) is 9.21 Å². The Morgan fingerprint density at radius 3 is 2.48 bits per heavy atom. The predicted octanol–water partition coefficient (Wildman–Crippen LogP) is 2.22. The Morgan fingerprint density at radius 2 is 1.74 bits per heavy atom. The molecule has 0 atom stereocenters. The highest BCUT2D eigenvalue weighted by molar-refractivity contribution is 7.92. The van der Waals surface area contributed by atoms with E-state index in [9.17, 15) is 18.0 Å².